The molecule has 0 aliphatic carbocycles. The molecule has 3 aliphatic heterocycles. The highest BCUT2D eigenvalue weighted by Gasteiger charge is 2.48. The van der Waals surface area contributed by atoms with Gasteiger partial charge in [0.1, 0.15) is 47.1 Å². The first kappa shape index (κ1) is 22.2. The summed E-state index contributed by atoms with van der Waals surface area (Å²) in [4.78, 5) is 9.10. The topological polar surface area (TPSA) is 124 Å². The van der Waals surface area contributed by atoms with Gasteiger partial charge in [0.15, 0.2) is 6.10 Å². The van der Waals surface area contributed by atoms with E-state index in [0.717, 1.165) is 0 Å². The lowest BCUT2D eigenvalue weighted by Gasteiger charge is -2.19. The smallest absolute Gasteiger partial charge is 0.212 e. The van der Waals surface area contributed by atoms with Gasteiger partial charge >= 0.3 is 0 Å². The zero-order valence-electron chi connectivity index (χ0n) is 18.4. The Morgan fingerprint density at radius 1 is 1.14 bits per heavy atom. The summed E-state index contributed by atoms with van der Waals surface area (Å²) in [5.41, 5.74) is 0.859. The fraction of sp³-hybridized carbons (Fsp3) is 0.417. The van der Waals surface area contributed by atoms with Crippen LogP contribution in [0.2, 0.25) is 0 Å². The maximum atomic E-state index is 15.0. The van der Waals surface area contributed by atoms with E-state index < -0.39 is 42.2 Å². The van der Waals surface area contributed by atoms with Gasteiger partial charge < -0.3 is 34.3 Å². The molecule has 3 fully saturated rings. The number of halogens is 2. The van der Waals surface area contributed by atoms with Crippen molar-refractivity contribution in [2.45, 2.75) is 36.9 Å². The molecule has 2 unspecified atom stereocenters. The fourth-order valence-corrected chi connectivity index (χ4v) is 5.03. The molecule has 5 atom stereocenters. The van der Waals surface area contributed by atoms with Crippen molar-refractivity contribution in [2.24, 2.45) is 0 Å². The number of anilines is 1. The lowest BCUT2D eigenvalue weighted by molar-refractivity contribution is 0.00789. The Labute approximate surface area is 198 Å². The first-order valence-electron chi connectivity index (χ1n) is 11.4. The van der Waals surface area contributed by atoms with Crippen LogP contribution < -0.4 is 9.64 Å². The SMILES string of the molecule is N#Cc1c(O[C@@H]2COC3C2OC[C@H]3O)[nH]c2ccc(-c3c(F)cc(N4CC[C@@H](O)C4)cc3F)nc12. The average molecular weight is 484 g/mol. The molecule has 0 amide bonds. The van der Waals surface area contributed by atoms with Crippen molar-refractivity contribution in [3.63, 3.8) is 0 Å². The van der Waals surface area contributed by atoms with Crippen molar-refractivity contribution < 1.29 is 33.2 Å². The van der Waals surface area contributed by atoms with Crippen molar-refractivity contribution in [3.8, 4) is 23.2 Å². The van der Waals surface area contributed by atoms with Crippen LogP contribution in [-0.4, -0.2) is 77.0 Å². The van der Waals surface area contributed by atoms with Gasteiger partial charge in [-0.2, -0.15) is 5.26 Å². The summed E-state index contributed by atoms with van der Waals surface area (Å²) in [6, 6.07) is 7.56. The Hall–Kier alpha value is -3.30. The molecule has 35 heavy (non-hydrogen) atoms. The lowest BCUT2D eigenvalue weighted by Crippen LogP contribution is -2.34. The van der Waals surface area contributed by atoms with Crippen molar-refractivity contribution in [1.82, 2.24) is 9.97 Å². The van der Waals surface area contributed by atoms with Crippen LogP contribution in [0, 0.1) is 23.0 Å². The third kappa shape index (κ3) is 3.70. The highest BCUT2D eigenvalue weighted by molar-refractivity contribution is 5.87. The van der Waals surface area contributed by atoms with E-state index in [2.05, 4.69) is 16.0 Å². The normalized spacial score (nSPS) is 28.0. The number of nitriles is 1. The van der Waals surface area contributed by atoms with Gasteiger partial charge in [-0.1, -0.05) is 0 Å². The Balaban J connectivity index is 1.32. The zero-order valence-corrected chi connectivity index (χ0v) is 18.4. The fourth-order valence-electron chi connectivity index (χ4n) is 5.03. The van der Waals surface area contributed by atoms with Gasteiger partial charge in [0.2, 0.25) is 5.88 Å². The molecule has 3 aliphatic rings. The van der Waals surface area contributed by atoms with E-state index >= 15 is 8.78 Å². The van der Waals surface area contributed by atoms with E-state index in [1.165, 1.54) is 18.2 Å². The van der Waals surface area contributed by atoms with Crippen molar-refractivity contribution in [3.05, 3.63) is 41.5 Å². The lowest BCUT2D eigenvalue weighted by atomic mass is 10.1. The molecule has 0 bridgehead atoms. The number of rotatable bonds is 4. The van der Waals surface area contributed by atoms with Crippen LogP contribution in [0.1, 0.15) is 12.0 Å². The van der Waals surface area contributed by atoms with Crippen molar-refractivity contribution >= 4 is 16.7 Å². The molecule has 0 spiro atoms. The number of nitrogens with zero attached hydrogens (tertiary/aromatic N) is 3. The van der Waals surface area contributed by atoms with Crippen LogP contribution in [0.5, 0.6) is 5.88 Å². The predicted molar refractivity (Wildman–Crippen MR) is 119 cm³/mol. The Kier molecular flexibility index (Phi) is 5.34. The van der Waals surface area contributed by atoms with E-state index in [1.807, 2.05) is 0 Å². The molecule has 0 radical (unpaired) electrons. The van der Waals surface area contributed by atoms with Crippen LogP contribution in [-0.2, 0) is 9.47 Å². The number of nitrogens with one attached hydrogen (secondary N) is 1. The molecule has 3 saturated heterocycles. The molecule has 3 N–H and O–H groups in total. The summed E-state index contributed by atoms with van der Waals surface area (Å²) in [6.07, 6.45) is -2.21. The Morgan fingerprint density at radius 3 is 2.63 bits per heavy atom. The molecule has 5 heterocycles. The molecule has 11 heteroatoms. The van der Waals surface area contributed by atoms with Gasteiger partial charge in [-0.25, -0.2) is 13.8 Å². The van der Waals surface area contributed by atoms with E-state index in [1.54, 1.807) is 11.0 Å². The highest BCUT2D eigenvalue weighted by atomic mass is 19.1. The van der Waals surface area contributed by atoms with Gasteiger partial charge in [0.05, 0.1) is 36.1 Å². The summed E-state index contributed by atoms with van der Waals surface area (Å²) >= 11 is 0. The Bertz CT molecular complexity index is 1320. The molecular formula is C24H22F2N4O5. The maximum Gasteiger partial charge on any atom is 0.212 e. The largest absolute Gasteiger partial charge is 0.469 e. The summed E-state index contributed by atoms with van der Waals surface area (Å²) in [5, 5.41) is 29.4. The van der Waals surface area contributed by atoms with Crippen LogP contribution in [0.4, 0.5) is 14.5 Å². The highest BCUT2D eigenvalue weighted by Crippen LogP contribution is 2.35. The minimum Gasteiger partial charge on any atom is -0.469 e. The molecule has 2 aromatic heterocycles. The van der Waals surface area contributed by atoms with E-state index in [9.17, 15) is 15.5 Å². The summed E-state index contributed by atoms with van der Waals surface area (Å²) in [6.45, 7) is 1.16. The van der Waals surface area contributed by atoms with Crippen molar-refractivity contribution in [1.29, 1.82) is 5.26 Å². The van der Waals surface area contributed by atoms with Gasteiger partial charge in [0.25, 0.3) is 0 Å². The standard InChI is InChI=1S/C24H22F2N4O5/c25-14-5-11(30-4-3-12(31)8-30)6-15(26)20(14)16-1-2-17-21(28-16)13(7-27)24(29-17)35-19-10-34-22-18(32)9-33-23(19)22/h1-2,5-6,12,18-19,22-23,29,31-32H,3-4,8-10H2/t12-,18-,19-,22?,23?/m1/s1. The number of pyridine rings is 1. The Morgan fingerprint density at radius 2 is 1.91 bits per heavy atom. The number of H-pyrrole nitrogens is 1. The summed E-state index contributed by atoms with van der Waals surface area (Å²) in [5.74, 6) is -1.43. The number of β-amino-alcohol motifs (C(OH)–C–C–N with tert-alkyl or cyclic N) is 1. The average Bonchev–Trinajstić information content (AvgIpc) is 3.59. The number of hydrogen-bond donors (Lipinski definition) is 3. The minimum absolute atomic E-state index is 0.0362. The van der Waals surface area contributed by atoms with Gasteiger partial charge in [-0.05, 0) is 30.7 Å². The first-order chi connectivity index (χ1) is 16.9. The van der Waals surface area contributed by atoms with E-state index in [4.69, 9.17) is 14.2 Å². The second-order valence-electron chi connectivity index (χ2n) is 9.03. The van der Waals surface area contributed by atoms with Crippen molar-refractivity contribution in [2.75, 3.05) is 31.2 Å². The molecule has 9 nitrogen and oxygen atoms in total. The second kappa shape index (κ2) is 8.42. The van der Waals surface area contributed by atoms with E-state index in [0.29, 0.717) is 30.7 Å². The monoisotopic (exact) mass is 484 g/mol. The van der Waals surface area contributed by atoms with E-state index in [-0.39, 0.29) is 41.4 Å². The van der Waals surface area contributed by atoms with Gasteiger partial charge in [0, 0.05) is 18.8 Å². The predicted octanol–water partition coefficient (Wildman–Crippen LogP) is 1.86. The molecule has 6 rings (SSSR count). The second-order valence-corrected chi connectivity index (χ2v) is 9.03. The molecular weight excluding hydrogens is 462 g/mol. The number of aliphatic hydroxyl groups excluding tert-OH is 2. The molecule has 182 valence electrons. The van der Waals surface area contributed by atoms with Gasteiger partial charge in [-0.15, -0.1) is 0 Å². The number of benzene rings is 1. The maximum absolute atomic E-state index is 15.0. The third-order valence-corrected chi connectivity index (χ3v) is 6.78. The number of ether oxygens (including phenoxy) is 3. The number of fused-ring (bicyclic) bond motifs is 2. The third-order valence-electron chi connectivity index (χ3n) is 6.78. The zero-order chi connectivity index (χ0) is 24.3. The molecule has 0 saturated carbocycles. The number of hydrogen-bond acceptors (Lipinski definition) is 8. The van der Waals surface area contributed by atoms with Crippen LogP contribution in [0.25, 0.3) is 22.3 Å². The first-order valence-corrected chi connectivity index (χ1v) is 11.4. The van der Waals surface area contributed by atoms with Gasteiger partial charge in [-0.3, -0.25) is 0 Å². The summed E-state index contributed by atoms with van der Waals surface area (Å²) in [7, 11) is 0. The number of aromatic nitrogens is 2. The van der Waals surface area contributed by atoms with Crippen LogP contribution in [0.15, 0.2) is 24.3 Å². The van der Waals surface area contributed by atoms with Crippen LogP contribution >= 0.6 is 0 Å². The minimum atomic E-state index is -0.787. The number of aliphatic hydroxyl groups is 2. The van der Waals surface area contributed by atoms with Crippen LogP contribution in [0.3, 0.4) is 0 Å². The number of aromatic amines is 1. The molecule has 3 aromatic rings. The summed E-state index contributed by atoms with van der Waals surface area (Å²) < 4.78 is 47.2. The molecule has 1 aromatic carbocycles. The quantitative estimate of drug-likeness (QED) is 0.513.